The third-order valence-corrected chi connectivity index (χ3v) is 5.30. The number of nitrogens with zero attached hydrogens (tertiary/aromatic N) is 2. The van der Waals surface area contributed by atoms with Crippen molar-refractivity contribution in [1.82, 2.24) is 9.97 Å². The van der Waals surface area contributed by atoms with Gasteiger partial charge in [0.25, 0.3) is 0 Å². The first-order valence-corrected chi connectivity index (χ1v) is 9.70. The highest BCUT2D eigenvalue weighted by Crippen LogP contribution is 2.37. The van der Waals surface area contributed by atoms with E-state index in [0.29, 0.717) is 33.2 Å². The van der Waals surface area contributed by atoms with E-state index >= 15 is 0 Å². The van der Waals surface area contributed by atoms with Crippen LogP contribution in [0.15, 0.2) is 48.3 Å². The van der Waals surface area contributed by atoms with Crippen LogP contribution >= 0.6 is 11.3 Å². The van der Waals surface area contributed by atoms with Crippen molar-refractivity contribution in [2.24, 2.45) is 0 Å². The van der Waals surface area contributed by atoms with Crippen molar-refractivity contribution in [2.45, 2.75) is 26.2 Å². The van der Waals surface area contributed by atoms with E-state index in [1.165, 1.54) is 29.4 Å². The predicted octanol–water partition coefficient (Wildman–Crippen LogP) is 4.43. The molecule has 7 nitrogen and oxygen atoms in total. The van der Waals surface area contributed by atoms with Crippen LogP contribution in [0.2, 0.25) is 0 Å². The maximum atomic E-state index is 11.9. The van der Waals surface area contributed by atoms with Crippen molar-refractivity contribution >= 4 is 33.3 Å². The highest BCUT2D eigenvalue weighted by molar-refractivity contribution is 7.19. The fraction of sp³-hybridized carbons (Fsp3) is 0.250. The third kappa shape index (κ3) is 3.63. The van der Waals surface area contributed by atoms with Crippen molar-refractivity contribution in [3.05, 3.63) is 59.0 Å². The average molecular weight is 398 g/mol. The second kappa shape index (κ2) is 7.85. The molecule has 3 heterocycles. The van der Waals surface area contributed by atoms with E-state index in [2.05, 4.69) is 22.1 Å². The van der Waals surface area contributed by atoms with Crippen LogP contribution in [-0.4, -0.2) is 27.7 Å². The molecule has 0 unspecified atom stereocenters. The lowest BCUT2D eigenvalue weighted by Crippen LogP contribution is -2.07. The SMILES string of the molecule is CCOC(=O)c1ncc2nc(C3=COC=C(CC4=CC=CCC4)O3)sc2c1O. The summed E-state index contributed by atoms with van der Waals surface area (Å²) in [6.45, 7) is 1.89. The second-order valence-corrected chi connectivity index (χ2v) is 7.18. The molecule has 4 rings (SSSR count). The van der Waals surface area contributed by atoms with Crippen molar-refractivity contribution < 1.29 is 24.1 Å². The Balaban J connectivity index is 1.56. The van der Waals surface area contributed by atoms with Crippen LogP contribution in [0.5, 0.6) is 5.75 Å². The van der Waals surface area contributed by atoms with Gasteiger partial charge >= 0.3 is 5.97 Å². The quantitative estimate of drug-likeness (QED) is 0.745. The first-order chi connectivity index (χ1) is 13.7. The molecule has 2 aliphatic rings. The lowest BCUT2D eigenvalue weighted by molar-refractivity contribution is 0.0516. The largest absolute Gasteiger partial charge is 0.504 e. The Hall–Kier alpha value is -3.13. The lowest BCUT2D eigenvalue weighted by atomic mass is 10.0. The standard InChI is InChI=1S/C20H18N2O5S/c1-2-26-20(24)16-17(23)18-14(9-21-16)22-19(28-18)15-11-25-10-13(27-15)8-12-6-4-3-5-7-12/h3-4,6,9-11,23H,2,5,7-8H2,1H3. The van der Waals surface area contributed by atoms with Gasteiger partial charge in [-0.1, -0.05) is 23.8 Å². The molecule has 2 aromatic rings. The Labute approximate surface area is 165 Å². The Morgan fingerprint density at radius 3 is 3.07 bits per heavy atom. The number of fused-ring (bicyclic) bond motifs is 1. The van der Waals surface area contributed by atoms with E-state index in [-0.39, 0.29) is 18.1 Å². The molecule has 0 amide bonds. The average Bonchev–Trinajstić information content (AvgIpc) is 3.15. The van der Waals surface area contributed by atoms with Gasteiger partial charge in [0.15, 0.2) is 22.2 Å². The minimum atomic E-state index is -0.673. The maximum absolute atomic E-state index is 11.9. The number of ether oxygens (including phenoxy) is 3. The third-order valence-electron chi connectivity index (χ3n) is 4.21. The predicted molar refractivity (Wildman–Crippen MR) is 104 cm³/mol. The number of pyridine rings is 1. The normalized spacial score (nSPS) is 16.0. The summed E-state index contributed by atoms with van der Waals surface area (Å²) >= 11 is 1.19. The number of carbonyl (C=O) groups excluding carboxylic acids is 1. The monoisotopic (exact) mass is 398 g/mol. The van der Waals surface area contributed by atoms with Crippen LogP contribution in [-0.2, 0) is 14.2 Å². The maximum Gasteiger partial charge on any atom is 0.360 e. The Morgan fingerprint density at radius 1 is 1.39 bits per heavy atom. The number of rotatable bonds is 5. The van der Waals surface area contributed by atoms with Gasteiger partial charge in [0.2, 0.25) is 0 Å². The molecule has 1 aliphatic carbocycles. The first-order valence-electron chi connectivity index (χ1n) is 8.88. The number of hydrogen-bond donors (Lipinski definition) is 1. The zero-order valence-electron chi connectivity index (χ0n) is 15.2. The minimum absolute atomic E-state index is 0.128. The summed E-state index contributed by atoms with van der Waals surface area (Å²) in [7, 11) is 0. The van der Waals surface area contributed by atoms with Crippen LogP contribution < -0.4 is 0 Å². The molecular formula is C20H18N2O5S. The molecule has 0 saturated carbocycles. The molecule has 0 radical (unpaired) electrons. The summed E-state index contributed by atoms with van der Waals surface area (Å²) < 4.78 is 16.7. The molecule has 0 atom stereocenters. The molecule has 0 bridgehead atoms. The molecule has 0 fully saturated rings. The van der Waals surface area contributed by atoms with Gasteiger partial charge in [-0.3, -0.25) is 0 Å². The molecule has 8 heteroatoms. The zero-order valence-corrected chi connectivity index (χ0v) is 16.0. The van der Waals surface area contributed by atoms with Gasteiger partial charge in [-0.05, 0) is 19.8 Å². The highest BCUT2D eigenvalue weighted by atomic mass is 32.1. The fourth-order valence-electron chi connectivity index (χ4n) is 2.89. The minimum Gasteiger partial charge on any atom is -0.504 e. The van der Waals surface area contributed by atoms with Gasteiger partial charge in [-0.25, -0.2) is 14.8 Å². The Bertz CT molecular complexity index is 1050. The number of esters is 1. The summed E-state index contributed by atoms with van der Waals surface area (Å²) in [5, 5.41) is 10.9. The van der Waals surface area contributed by atoms with E-state index < -0.39 is 5.97 Å². The molecule has 2 aromatic heterocycles. The van der Waals surface area contributed by atoms with Gasteiger partial charge in [0, 0.05) is 6.42 Å². The molecule has 0 saturated heterocycles. The summed E-state index contributed by atoms with van der Waals surface area (Å²) in [6, 6.07) is 0. The van der Waals surface area contributed by atoms with Gasteiger partial charge < -0.3 is 19.3 Å². The number of aromatic nitrogens is 2. The number of carbonyl (C=O) groups is 1. The number of allylic oxidation sites excluding steroid dienone is 4. The van der Waals surface area contributed by atoms with E-state index in [1.54, 1.807) is 13.2 Å². The summed E-state index contributed by atoms with van der Waals surface area (Å²) in [5.74, 6) is 0.218. The Kier molecular flexibility index (Phi) is 5.12. The van der Waals surface area contributed by atoms with Gasteiger partial charge in [-0.15, -0.1) is 11.3 Å². The zero-order chi connectivity index (χ0) is 19.5. The molecule has 144 valence electrons. The summed E-state index contributed by atoms with van der Waals surface area (Å²) in [4.78, 5) is 20.3. The molecule has 0 aromatic carbocycles. The second-order valence-electron chi connectivity index (χ2n) is 6.18. The van der Waals surface area contributed by atoms with Crippen LogP contribution in [0, 0.1) is 0 Å². The van der Waals surface area contributed by atoms with E-state index in [4.69, 9.17) is 14.2 Å². The van der Waals surface area contributed by atoms with Crippen LogP contribution in [0.4, 0.5) is 0 Å². The lowest BCUT2D eigenvalue weighted by Gasteiger charge is -2.17. The van der Waals surface area contributed by atoms with Crippen molar-refractivity contribution in [2.75, 3.05) is 6.61 Å². The van der Waals surface area contributed by atoms with E-state index in [0.717, 1.165) is 12.8 Å². The van der Waals surface area contributed by atoms with Crippen molar-refractivity contribution in [3.8, 4) is 5.75 Å². The topological polar surface area (TPSA) is 90.8 Å². The summed E-state index contributed by atoms with van der Waals surface area (Å²) in [5.41, 5.74) is 1.60. The molecule has 28 heavy (non-hydrogen) atoms. The van der Waals surface area contributed by atoms with Crippen molar-refractivity contribution in [3.63, 3.8) is 0 Å². The number of thiazole rings is 1. The van der Waals surface area contributed by atoms with Gasteiger partial charge in [0.05, 0.1) is 12.8 Å². The molecule has 0 spiro atoms. The number of hydrogen-bond acceptors (Lipinski definition) is 8. The van der Waals surface area contributed by atoms with Crippen LogP contribution in [0.1, 0.15) is 41.7 Å². The summed E-state index contributed by atoms with van der Waals surface area (Å²) in [6.07, 6.45) is 13.4. The van der Waals surface area contributed by atoms with Gasteiger partial charge in [-0.2, -0.15) is 0 Å². The van der Waals surface area contributed by atoms with E-state index in [1.807, 2.05) is 6.08 Å². The van der Waals surface area contributed by atoms with Crippen molar-refractivity contribution in [1.29, 1.82) is 0 Å². The highest BCUT2D eigenvalue weighted by Gasteiger charge is 2.22. The van der Waals surface area contributed by atoms with Crippen LogP contribution in [0.25, 0.3) is 16.0 Å². The first kappa shape index (κ1) is 18.2. The fourth-order valence-corrected chi connectivity index (χ4v) is 3.82. The number of aromatic hydroxyl groups is 1. The van der Waals surface area contributed by atoms with E-state index in [9.17, 15) is 9.90 Å². The smallest absolute Gasteiger partial charge is 0.360 e. The molecule has 1 N–H and O–H groups in total. The molecular weight excluding hydrogens is 380 g/mol. The van der Waals surface area contributed by atoms with Gasteiger partial charge in [0.1, 0.15) is 28.5 Å². The van der Waals surface area contributed by atoms with Crippen LogP contribution in [0.3, 0.4) is 0 Å². The molecule has 1 aliphatic heterocycles. The Morgan fingerprint density at radius 2 is 2.29 bits per heavy atom.